The first-order valence-corrected chi connectivity index (χ1v) is 5.90. The lowest BCUT2D eigenvalue weighted by Crippen LogP contribution is -2.05. The molecule has 88 valence electrons. The van der Waals surface area contributed by atoms with Gasteiger partial charge in [-0.1, -0.05) is 11.6 Å². The van der Waals surface area contributed by atoms with Crippen LogP contribution in [0.25, 0.3) is 0 Å². The van der Waals surface area contributed by atoms with E-state index in [1.54, 1.807) is 6.07 Å². The third-order valence-corrected chi connectivity index (χ3v) is 3.19. The van der Waals surface area contributed by atoms with Gasteiger partial charge in [0.2, 0.25) is 0 Å². The number of aromatic nitrogens is 2. The molecule has 0 atom stereocenters. The van der Waals surface area contributed by atoms with Crippen molar-refractivity contribution in [1.82, 2.24) is 10.2 Å². The van der Waals surface area contributed by atoms with Crippen LogP contribution in [0.2, 0.25) is 4.34 Å². The molecule has 2 aromatic rings. The molecule has 0 aromatic carbocycles. The van der Waals surface area contributed by atoms with Gasteiger partial charge >= 0.3 is 5.97 Å². The summed E-state index contributed by atoms with van der Waals surface area (Å²) in [5.41, 5.74) is -0.0743. The van der Waals surface area contributed by atoms with Crippen molar-refractivity contribution in [2.24, 2.45) is 0 Å². The Kier molecular flexibility index (Phi) is 3.55. The van der Waals surface area contributed by atoms with E-state index < -0.39 is 5.97 Å². The molecule has 0 bridgehead atoms. The predicted molar refractivity (Wildman–Crippen MR) is 65.6 cm³/mol. The minimum absolute atomic E-state index is 0.0743. The van der Waals surface area contributed by atoms with E-state index in [9.17, 15) is 4.79 Å². The van der Waals surface area contributed by atoms with E-state index in [2.05, 4.69) is 15.5 Å². The van der Waals surface area contributed by atoms with Crippen molar-refractivity contribution in [2.45, 2.75) is 6.54 Å². The van der Waals surface area contributed by atoms with Crippen molar-refractivity contribution in [3.8, 4) is 0 Å². The van der Waals surface area contributed by atoms with Crippen LogP contribution in [0.4, 0.5) is 5.82 Å². The monoisotopic (exact) mass is 269 g/mol. The number of hydrogen-bond donors (Lipinski definition) is 2. The van der Waals surface area contributed by atoms with Crippen LogP contribution in [0.3, 0.4) is 0 Å². The lowest BCUT2D eigenvalue weighted by atomic mass is 10.4. The Labute approximate surface area is 106 Å². The van der Waals surface area contributed by atoms with Gasteiger partial charge in [0.25, 0.3) is 0 Å². The lowest BCUT2D eigenvalue weighted by molar-refractivity contribution is 0.0689. The minimum Gasteiger partial charge on any atom is -0.476 e. The van der Waals surface area contributed by atoms with Crippen LogP contribution in [0, 0.1) is 0 Å². The Morgan fingerprint density at radius 2 is 2.18 bits per heavy atom. The van der Waals surface area contributed by atoms with Crippen molar-refractivity contribution in [2.75, 3.05) is 5.32 Å². The van der Waals surface area contributed by atoms with Gasteiger partial charge in [-0.15, -0.1) is 21.5 Å². The standard InChI is InChI=1S/C10H8ClN3O2S/c11-8-3-1-6(17-8)5-12-9-4-2-7(10(15)16)13-14-9/h1-4H,5H2,(H,12,14)(H,15,16). The van der Waals surface area contributed by atoms with Gasteiger partial charge in [0, 0.05) is 4.88 Å². The number of nitrogens with zero attached hydrogens (tertiary/aromatic N) is 2. The van der Waals surface area contributed by atoms with Crippen molar-refractivity contribution in [3.63, 3.8) is 0 Å². The molecule has 5 nitrogen and oxygen atoms in total. The molecule has 2 heterocycles. The molecule has 2 N–H and O–H groups in total. The molecule has 0 saturated heterocycles. The van der Waals surface area contributed by atoms with Crippen molar-refractivity contribution in [3.05, 3.63) is 39.2 Å². The van der Waals surface area contributed by atoms with Gasteiger partial charge in [0.05, 0.1) is 10.9 Å². The lowest BCUT2D eigenvalue weighted by Gasteiger charge is -2.02. The topological polar surface area (TPSA) is 75.1 Å². The van der Waals surface area contributed by atoms with Crippen LogP contribution in [0.1, 0.15) is 15.4 Å². The smallest absolute Gasteiger partial charge is 0.356 e. The fraction of sp³-hybridized carbons (Fsp3) is 0.100. The molecule has 7 heteroatoms. The van der Waals surface area contributed by atoms with E-state index >= 15 is 0 Å². The number of carboxylic acid groups (broad SMARTS) is 1. The minimum atomic E-state index is -1.09. The summed E-state index contributed by atoms with van der Waals surface area (Å²) in [5.74, 6) is -0.561. The van der Waals surface area contributed by atoms with E-state index in [0.29, 0.717) is 12.4 Å². The molecular weight excluding hydrogens is 262 g/mol. The van der Waals surface area contributed by atoms with Gasteiger partial charge < -0.3 is 10.4 Å². The highest BCUT2D eigenvalue weighted by Gasteiger charge is 2.05. The molecular formula is C10H8ClN3O2S. The number of halogens is 1. The summed E-state index contributed by atoms with van der Waals surface area (Å²) in [5, 5.41) is 19.0. The van der Waals surface area contributed by atoms with Gasteiger partial charge in [-0.25, -0.2) is 4.79 Å². The van der Waals surface area contributed by atoms with Gasteiger partial charge in [0.1, 0.15) is 5.82 Å². The van der Waals surface area contributed by atoms with Crippen LogP contribution in [-0.2, 0) is 6.54 Å². The second kappa shape index (κ2) is 5.11. The van der Waals surface area contributed by atoms with Crippen molar-refractivity contribution in [1.29, 1.82) is 0 Å². The molecule has 2 rings (SSSR count). The Morgan fingerprint density at radius 3 is 2.71 bits per heavy atom. The molecule has 0 radical (unpaired) electrons. The quantitative estimate of drug-likeness (QED) is 0.892. The number of nitrogens with one attached hydrogen (secondary N) is 1. The molecule has 0 aliphatic rings. The summed E-state index contributed by atoms with van der Waals surface area (Å²) in [6, 6.07) is 6.71. The zero-order chi connectivity index (χ0) is 12.3. The maximum absolute atomic E-state index is 10.6. The summed E-state index contributed by atoms with van der Waals surface area (Å²) < 4.78 is 0.731. The Morgan fingerprint density at radius 1 is 1.35 bits per heavy atom. The van der Waals surface area contributed by atoms with Crippen LogP contribution < -0.4 is 5.32 Å². The molecule has 0 unspecified atom stereocenters. The van der Waals surface area contributed by atoms with E-state index in [1.807, 2.05) is 12.1 Å². The van der Waals surface area contributed by atoms with Gasteiger partial charge in [-0.2, -0.15) is 0 Å². The number of aromatic carboxylic acids is 1. The van der Waals surface area contributed by atoms with E-state index in [-0.39, 0.29) is 5.69 Å². The molecule has 0 fully saturated rings. The SMILES string of the molecule is O=C(O)c1ccc(NCc2ccc(Cl)s2)nn1. The maximum Gasteiger partial charge on any atom is 0.356 e. The first-order chi connectivity index (χ1) is 8.15. The Balaban J connectivity index is 1.97. The highest BCUT2D eigenvalue weighted by molar-refractivity contribution is 7.16. The van der Waals surface area contributed by atoms with E-state index in [4.69, 9.17) is 16.7 Å². The molecule has 0 aliphatic heterocycles. The average molecular weight is 270 g/mol. The van der Waals surface area contributed by atoms with Crippen molar-refractivity contribution >= 4 is 34.7 Å². The van der Waals surface area contributed by atoms with E-state index in [0.717, 1.165) is 9.21 Å². The highest BCUT2D eigenvalue weighted by atomic mass is 35.5. The third kappa shape index (κ3) is 3.15. The molecule has 0 amide bonds. The summed E-state index contributed by atoms with van der Waals surface area (Å²) in [6.07, 6.45) is 0. The second-order valence-corrected chi connectivity index (χ2v) is 4.97. The normalized spacial score (nSPS) is 10.2. The Bertz CT molecular complexity index is 527. The fourth-order valence-corrected chi connectivity index (χ4v) is 2.19. The zero-order valence-electron chi connectivity index (χ0n) is 8.55. The average Bonchev–Trinajstić information content (AvgIpc) is 2.73. The Hall–Kier alpha value is -1.66. The highest BCUT2D eigenvalue weighted by Crippen LogP contribution is 2.21. The third-order valence-electron chi connectivity index (χ3n) is 1.96. The first-order valence-electron chi connectivity index (χ1n) is 4.70. The molecule has 0 aliphatic carbocycles. The van der Waals surface area contributed by atoms with Gasteiger partial charge in [-0.05, 0) is 24.3 Å². The number of thiophene rings is 1. The summed E-state index contributed by atoms with van der Waals surface area (Å²) in [6.45, 7) is 0.582. The molecule has 0 saturated carbocycles. The molecule has 0 spiro atoms. The van der Waals surface area contributed by atoms with E-state index in [1.165, 1.54) is 17.4 Å². The summed E-state index contributed by atoms with van der Waals surface area (Å²) in [7, 11) is 0. The molecule has 17 heavy (non-hydrogen) atoms. The number of carboxylic acids is 1. The first kappa shape index (κ1) is 11.8. The van der Waals surface area contributed by atoms with Crippen molar-refractivity contribution < 1.29 is 9.90 Å². The molecule has 2 aromatic heterocycles. The van der Waals surface area contributed by atoms with Crippen LogP contribution in [-0.4, -0.2) is 21.3 Å². The maximum atomic E-state index is 10.6. The van der Waals surface area contributed by atoms with Gasteiger partial charge in [0.15, 0.2) is 5.69 Å². The van der Waals surface area contributed by atoms with Gasteiger partial charge in [-0.3, -0.25) is 0 Å². The fourth-order valence-electron chi connectivity index (χ4n) is 1.17. The summed E-state index contributed by atoms with van der Waals surface area (Å²) >= 11 is 7.27. The van der Waals surface area contributed by atoms with Crippen LogP contribution in [0.5, 0.6) is 0 Å². The zero-order valence-corrected chi connectivity index (χ0v) is 10.1. The van der Waals surface area contributed by atoms with Crippen LogP contribution >= 0.6 is 22.9 Å². The predicted octanol–water partition coefficient (Wildman–Crippen LogP) is 2.50. The number of rotatable bonds is 4. The van der Waals surface area contributed by atoms with Crippen LogP contribution in [0.15, 0.2) is 24.3 Å². The largest absolute Gasteiger partial charge is 0.476 e. The second-order valence-electron chi connectivity index (χ2n) is 3.17. The summed E-state index contributed by atoms with van der Waals surface area (Å²) in [4.78, 5) is 11.6. The number of anilines is 1. The number of hydrogen-bond acceptors (Lipinski definition) is 5. The number of carbonyl (C=O) groups is 1.